The van der Waals surface area contributed by atoms with Crippen LogP contribution in [0.1, 0.15) is 18.9 Å². The van der Waals surface area contributed by atoms with Crippen molar-refractivity contribution in [3.05, 3.63) is 35.9 Å². The van der Waals surface area contributed by atoms with Gasteiger partial charge < -0.3 is 10.4 Å². The first-order chi connectivity index (χ1) is 6.83. The smallest absolute Gasteiger partial charge is 0.0581 e. The second-order valence-electron chi connectivity index (χ2n) is 3.63. The first kappa shape index (κ1) is 11.2. The minimum Gasteiger partial charge on any atom is -0.395 e. The van der Waals surface area contributed by atoms with E-state index in [2.05, 4.69) is 29.6 Å². The van der Waals surface area contributed by atoms with Crippen molar-refractivity contribution >= 4 is 0 Å². The van der Waals surface area contributed by atoms with Crippen LogP contribution in [0.2, 0.25) is 0 Å². The van der Waals surface area contributed by atoms with E-state index in [1.165, 1.54) is 5.56 Å². The molecule has 0 aliphatic heterocycles. The van der Waals surface area contributed by atoms with Crippen LogP contribution in [0, 0.1) is 0 Å². The molecule has 0 aromatic heterocycles. The molecule has 0 bridgehead atoms. The van der Waals surface area contributed by atoms with Crippen LogP contribution in [0.4, 0.5) is 0 Å². The number of aryl methyl sites for hydroxylation is 1. The van der Waals surface area contributed by atoms with Crippen LogP contribution in [0.25, 0.3) is 0 Å². The molecule has 0 saturated heterocycles. The zero-order valence-corrected chi connectivity index (χ0v) is 8.74. The molecule has 0 saturated carbocycles. The van der Waals surface area contributed by atoms with Crippen molar-refractivity contribution in [2.24, 2.45) is 0 Å². The summed E-state index contributed by atoms with van der Waals surface area (Å²) >= 11 is 0. The lowest BCUT2D eigenvalue weighted by atomic mass is 10.1. The minimum atomic E-state index is 0.214. The Kier molecular flexibility index (Phi) is 5.27. The second-order valence-corrected chi connectivity index (χ2v) is 3.63. The van der Waals surface area contributed by atoms with Gasteiger partial charge in [0, 0.05) is 6.04 Å². The normalized spacial score (nSPS) is 12.7. The van der Waals surface area contributed by atoms with E-state index in [-0.39, 0.29) is 12.6 Å². The number of aliphatic hydroxyl groups excluding tert-OH is 1. The Balaban J connectivity index is 2.10. The Labute approximate surface area is 86.0 Å². The fraction of sp³-hybridized carbons (Fsp3) is 0.500. The number of hydrogen-bond donors (Lipinski definition) is 2. The molecule has 2 heteroatoms. The first-order valence-electron chi connectivity index (χ1n) is 5.21. The molecule has 0 heterocycles. The summed E-state index contributed by atoms with van der Waals surface area (Å²) in [6.07, 6.45) is 2.22. The minimum absolute atomic E-state index is 0.214. The highest BCUT2D eigenvalue weighted by atomic mass is 16.3. The van der Waals surface area contributed by atoms with Crippen molar-refractivity contribution in [2.45, 2.75) is 25.8 Å². The van der Waals surface area contributed by atoms with Crippen LogP contribution in [0.15, 0.2) is 30.3 Å². The SMILES string of the molecule is C[C@H](CO)NCCCc1ccccc1. The third-order valence-electron chi connectivity index (χ3n) is 2.25. The van der Waals surface area contributed by atoms with Gasteiger partial charge in [-0.3, -0.25) is 0 Å². The number of rotatable bonds is 6. The standard InChI is InChI=1S/C12H19NO/c1-11(10-14)13-9-5-8-12-6-3-2-4-7-12/h2-4,6-7,11,13-14H,5,8-10H2,1H3/t11-/m1/s1. The molecule has 0 aliphatic carbocycles. The number of hydrogen-bond acceptors (Lipinski definition) is 2. The predicted molar refractivity (Wildman–Crippen MR) is 59.3 cm³/mol. The molecule has 0 fully saturated rings. The summed E-state index contributed by atoms with van der Waals surface area (Å²) < 4.78 is 0. The topological polar surface area (TPSA) is 32.3 Å². The Morgan fingerprint density at radius 2 is 2.00 bits per heavy atom. The zero-order valence-electron chi connectivity index (χ0n) is 8.74. The van der Waals surface area contributed by atoms with Crippen molar-refractivity contribution in [1.29, 1.82) is 0 Å². The van der Waals surface area contributed by atoms with Gasteiger partial charge in [0.1, 0.15) is 0 Å². The highest BCUT2D eigenvalue weighted by Crippen LogP contribution is 2.01. The van der Waals surface area contributed by atoms with E-state index in [4.69, 9.17) is 5.11 Å². The predicted octanol–water partition coefficient (Wildman–Crippen LogP) is 1.59. The average molecular weight is 193 g/mol. The van der Waals surface area contributed by atoms with Crippen molar-refractivity contribution < 1.29 is 5.11 Å². The van der Waals surface area contributed by atoms with Gasteiger partial charge in [-0.2, -0.15) is 0 Å². The van der Waals surface area contributed by atoms with E-state index >= 15 is 0 Å². The molecule has 2 N–H and O–H groups in total. The van der Waals surface area contributed by atoms with E-state index in [1.54, 1.807) is 0 Å². The molecule has 0 spiro atoms. The molecule has 1 aromatic rings. The zero-order chi connectivity index (χ0) is 10.2. The van der Waals surface area contributed by atoms with Crippen LogP contribution in [0.3, 0.4) is 0 Å². The monoisotopic (exact) mass is 193 g/mol. The van der Waals surface area contributed by atoms with Crippen LogP contribution in [-0.2, 0) is 6.42 Å². The molecule has 1 atom stereocenters. The van der Waals surface area contributed by atoms with Crippen molar-refractivity contribution in [3.8, 4) is 0 Å². The number of nitrogens with one attached hydrogen (secondary N) is 1. The lowest BCUT2D eigenvalue weighted by Crippen LogP contribution is -2.30. The van der Waals surface area contributed by atoms with Crippen LogP contribution < -0.4 is 5.32 Å². The van der Waals surface area contributed by atoms with E-state index in [0.29, 0.717) is 0 Å². The summed E-state index contributed by atoms with van der Waals surface area (Å²) in [5.41, 5.74) is 1.38. The highest BCUT2D eigenvalue weighted by molar-refractivity contribution is 5.14. The first-order valence-corrected chi connectivity index (χ1v) is 5.21. The largest absolute Gasteiger partial charge is 0.395 e. The van der Waals surface area contributed by atoms with E-state index in [9.17, 15) is 0 Å². The van der Waals surface area contributed by atoms with Gasteiger partial charge in [0.2, 0.25) is 0 Å². The maximum Gasteiger partial charge on any atom is 0.0581 e. The molecule has 2 nitrogen and oxygen atoms in total. The fourth-order valence-electron chi connectivity index (χ4n) is 1.35. The fourth-order valence-corrected chi connectivity index (χ4v) is 1.35. The second kappa shape index (κ2) is 6.57. The maximum absolute atomic E-state index is 8.79. The van der Waals surface area contributed by atoms with Gasteiger partial charge in [-0.05, 0) is 31.9 Å². The summed E-state index contributed by atoms with van der Waals surface area (Å²) in [6.45, 7) is 3.17. The summed E-state index contributed by atoms with van der Waals surface area (Å²) in [6, 6.07) is 10.7. The lowest BCUT2D eigenvalue weighted by molar-refractivity contribution is 0.251. The Morgan fingerprint density at radius 1 is 1.29 bits per heavy atom. The third kappa shape index (κ3) is 4.40. The van der Waals surface area contributed by atoms with Crippen molar-refractivity contribution in [1.82, 2.24) is 5.32 Å². The van der Waals surface area contributed by atoms with Gasteiger partial charge in [-0.1, -0.05) is 30.3 Å². The molecule has 0 radical (unpaired) electrons. The van der Waals surface area contributed by atoms with Gasteiger partial charge in [0.15, 0.2) is 0 Å². The molecule has 14 heavy (non-hydrogen) atoms. The quantitative estimate of drug-likeness (QED) is 0.672. The van der Waals surface area contributed by atoms with E-state index in [1.807, 2.05) is 13.0 Å². The van der Waals surface area contributed by atoms with Crippen LogP contribution in [-0.4, -0.2) is 24.3 Å². The van der Waals surface area contributed by atoms with Crippen molar-refractivity contribution in [3.63, 3.8) is 0 Å². The van der Waals surface area contributed by atoms with Gasteiger partial charge >= 0.3 is 0 Å². The van der Waals surface area contributed by atoms with E-state index < -0.39 is 0 Å². The Bertz CT molecular complexity index is 235. The molecule has 0 aliphatic rings. The summed E-state index contributed by atoms with van der Waals surface area (Å²) in [5.74, 6) is 0. The van der Waals surface area contributed by atoms with Gasteiger partial charge in [0.25, 0.3) is 0 Å². The van der Waals surface area contributed by atoms with Crippen molar-refractivity contribution in [2.75, 3.05) is 13.2 Å². The molecular weight excluding hydrogens is 174 g/mol. The third-order valence-corrected chi connectivity index (χ3v) is 2.25. The molecule has 1 aromatic carbocycles. The average Bonchev–Trinajstić information content (AvgIpc) is 2.25. The molecule has 78 valence electrons. The number of aliphatic hydroxyl groups is 1. The van der Waals surface area contributed by atoms with Gasteiger partial charge in [-0.25, -0.2) is 0 Å². The summed E-state index contributed by atoms with van der Waals surface area (Å²) in [4.78, 5) is 0. The van der Waals surface area contributed by atoms with E-state index in [0.717, 1.165) is 19.4 Å². The Hall–Kier alpha value is -0.860. The van der Waals surface area contributed by atoms with Gasteiger partial charge in [-0.15, -0.1) is 0 Å². The van der Waals surface area contributed by atoms with Crippen LogP contribution >= 0.6 is 0 Å². The molecule has 1 rings (SSSR count). The number of benzene rings is 1. The van der Waals surface area contributed by atoms with Crippen LogP contribution in [0.5, 0.6) is 0 Å². The lowest BCUT2D eigenvalue weighted by Gasteiger charge is -2.09. The summed E-state index contributed by atoms with van der Waals surface area (Å²) in [5, 5.41) is 12.0. The maximum atomic E-state index is 8.79. The Morgan fingerprint density at radius 3 is 2.64 bits per heavy atom. The molecular formula is C12H19NO. The molecule has 0 amide bonds. The highest BCUT2D eigenvalue weighted by Gasteiger charge is 1.97. The molecule has 0 unspecified atom stereocenters. The van der Waals surface area contributed by atoms with Gasteiger partial charge in [0.05, 0.1) is 6.61 Å². The summed E-state index contributed by atoms with van der Waals surface area (Å²) in [7, 11) is 0.